The predicted octanol–water partition coefficient (Wildman–Crippen LogP) is 2.66. The minimum absolute atomic E-state index is 0.165. The van der Waals surface area contributed by atoms with Crippen molar-refractivity contribution in [1.29, 1.82) is 0 Å². The first-order chi connectivity index (χ1) is 7.54. The molecule has 1 aliphatic heterocycles. The summed E-state index contributed by atoms with van der Waals surface area (Å²) < 4.78 is 39.5. The van der Waals surface area contributed by atoms with Crippen molar-refractivity contribution in [1.82, 2.24) is 5.32 Å². The Labute approximate surface area is 91.4 Å². The highest BCUT2D eigenvalue weighted by atomic mass is 19.4. The highest BCUT2D eigenvalue weighted by Gasteiger charge is 2.31. The van der Waals surface area contributed by atoms with Crippen LogP contribution in [0.25, 0.3) is 0 Å². The normalized spacial score (nSPS) is 21.1. The van der Waals surface area contributed by atoms with Gasteiger partial charge in [-0.2, -0.15) is 0 Å². The van der Waals surface area contributed by atoms with Crippen molar-refractivity contribution in [3.63, 3.8) is 0 Å². The number of rotatable bonds is 2. The van der Waals surface area contributed by atoms with E-state index in [1.165, 1.54) is 12.1 Å². The van der Waals surface area contributed by atoms with Gasteiger partial charge in [-0.15, -0.1) is 13.2 Å². The van der Waals surface area contributed by atoms with Crippen LogP contribution in [0.3, 0.4) is 0 Å². The molecule has 1 saturated heterocycles. The van der Waals surface area contributed by atoms with Crippen molar-refractivity contribution >= 4 is 0 Å². The summed E-state index contributed by atoms with van der Waals surface area (Å²) in [5.74, 6) is 0.238. The van der Waals surface area contributed by atoms with E-state index in [-0.39, 0.29) is 5.75 Å². The van der Waals surface area contributed by atoms with Gasteiger partial charge in [0.15, 0.2) is 0 Å². The fourth-order valence-corrected chi connectivity index (χ4v) is 1.88. The Kier molecular flexibility index (Phi) is 3.05. The molecule has 0 saturated carbocycles. The van der Waals surface area contributed by atoms with E-state index in [0.717, 1.165) is 25.1 Å². The van der Waals surface area contributed by atoms with Crippen molar-refractivity contribution in [3.8, 4) is 5.75 Å². The zero-order valence-electron chi connectivity index (χ0n) is 8.55. The molecule has 0 aliphatic carbocycles. The maximum atomic E-state index is 11.9. The molecule has 1 aliphatic rings. The Morgan fingerprint density at radius 2 is 1.88 bits per heavy atom. The first kappa shape index (κ1) is 11.3. The van der Waals surface area contributed by atoms with Crippen molar-refractivity contribution < 1.29 is 17.9 Å². The lowest BCUT2D eigenvalue weighted by Gasteiger charge is -2.11. The summed E-state index contributed by atoms with van der Waals surface area (Å²) in [5, 5.41) is 3.21. The highest BCUT2D eigenvalue weighted by Crippen LogP contribution is 2.27. The van der Waals surface area contributed by atoms with Crippen LogP contribution in [0.5, 0.6) is 5.75 Å². The molecule has 0 radical (unpaired) electrons. The smallest absolute Gasteiger partial charge is 0.406 e. The van der Waals surface area contributed by atoms with Gasteiger partial charge < -0.3 is 10.1 Å². The average Bonchev–Trinajstić information content (AvgIpc) is 2.69. The second-order valence-electron chi connectivity index (χ2n) is 3.81. The monoisotopic (exact) mass is 231 g/mol. The number of hydrogen-bond donors (Lipinski definition) is 1. The predicted molar refractivity (Wildman–Crippen MR) is 53.4 cm³/mol. The van der Waals surface area contributed by atoms with Gasteiger partial charge in [-0.25, -0.2) is 0 Å². The summed E-state index contributed by atoms with van der Waals surface area (Å²) in [4.78, 5) is 0. The Hall–Kier alpha value is -1.23. The standard InChI is InChI=1S/C11H12F3NO/c12-11(13,14)16-10-3-1-8(2-4-10)9-5-6-15-7-9/h1-4,9,15H,5-7H2/t9-/m0/s1. The van der Waals surface area contributed by atoms with E-state index in [0.29, 0.717) is 5.92 Å². The molecule has 1 heterocycles. The van der Waals surface area contributed by atoms with Gasteiger partial charge in [0.2, 0.25) is 0 Å². The molecule has 1 aromatic carbocycles. The van der Waals surface area contributed by atoms with E-state index in [4.69, 9.17) is 0 Å². The number of hydrogen-bond acceptors (Lipinski definition) is 2. The zero-order chi connectivity index (χ0) is 11.6. The quantitative estimate of drug-likeness (QED) is 0.844. The van der Waals surface area contributed by atoms with Gasteiger partial charge in [0.25, 0.3) is 0 Å². The van der Waals surface area contributed by atoms with Crippen molar-refractivity contribution in [2.45, 2.75) is 18.7 Å². The van der Waals surface area contributed by atoms with Crippen molar-refractivity contribution in [2.75, 3.05) is 13.1 Å². The van der Waals surface area contributed by atoms with Gasteiger partial charge in [-0.3, -0.25) is 0 Å². The number of benzene rings is 1. The molecular weight excluding hydrogens is 219 g/mol. The van der Waals surface area contributed by atoms with Gasteiger partial charge in [0.05, 0.1) is 0 Å². The molecule has 1 N–H and O–H groups in total. The summed E-state index contributed by atoms with van der Waals surface area (Å²) in [5.41, 5.74) is 1.06. The number of ether oxygens (including phenoxy) is 1. The zero-order valence-corrected chi connectivity index (χ0v) is 8.55. The summed E-state index contributed by atoms with van der Waals surface area (Å²) >= 11 is 0. The number of alkyl halides is 3. The van der Waals surface area contributed by atoms with E-state index in [1.807, 2.05) is 0 Å². The third kappa shape index (κ3) is 2.88. The molecule has 1 fully saturated rings. The Morgan fingerprint density at radius 3 is 2.38 bits per heavy atom. The van der Waals surface area contributed by atoms with E-state index in [9.17, 15) is 13.2 Å². The molecule has 5 heteroatoms. The maximum absolute atomic E-state index is 11.9. The molecule has 16 heavy (non-hydrogen) atoms. The minimum Gasteiger partial charge on any atom is -0.406 e. The second kappa shape index (κ2) is 4.33. The van der Waals surface area contributed by atoms with E-state index < -0.39 is 6.36 Å². The van der Waals surface area contributed by atoms with E-state index >= 15 is 0 Å². The lowest BCUT2D eigenvalue weighted by atomic mass is 9.99. The average molecular weight is 231 g/mol. The van der Waals surface area contributed by atoms with Crippen molar-refractivity contribution in [3.05, 3.63) is 29.8 Å². The molecule has 1 aromatic rings. The van der Waals surface area contributed by atoms with E-state index in [2.05, 4.69) is 10.1 Å². The van der Waals surface area contributed by atoms with Gasteiger partial charge >= 0.3 is 6.36 Å². The summed E-state index contributed by atoms with van der Waals surface area (Å²) in [6.45, 7) is 1.85. The van der Waals surface area contributed by atoms with Crippen LogP contribution in [0.15, 0.2) is 24.3 Å². The van der Waals surface area contributed by atoms with Gasteiger partial charge in [-0.1, -0.05) is 12.1 Å². The minimum atomic E-state index is -4.61. The first-order valence-corrected chi connectivity index (χ1v) is 5.11. The summed E-state index contributed by atoms with van der Waals surface area (Å²) in [6, 6.07) is 6.11. The summed E-state index contributed by atoms with van der Waals surface area (Å²) in [6.07, 6.45) is -3.59. The molecule has 2 nitrogen and oxygen atoms in total. The molecule has 2 rings (SSSR count). The Morgan fingerprint density at radius 1 is 1.19 bits per heavy atom. The molecule has 0 aromatic heterocycles. The van der Waals surface area contributed by atoms with Crippen LogP contribution in [0, 0.1) is 0 Å². The van der Waals surface area contributed by atoms with Crippen LogP contribution in [0.4, 0.5) is 13.2 Å². The molecule has 88 valence electrons. The SMILES string of the molecule is FC(F)(F)Oc1ccc([C@H]2CCNC2)cc1. The number of nitrogens with one attached hydrogen (secondary N) is 1. The fourth-order valence-electron chi connectivity index (χ4n) is 1.88. The Bertz CT molecular complexity index is 341. The third-order valence-electron chi connectivity index (χ3n) is 2.65. The number of halogens is 3. The Balaban J connectivity index is 2.04. The molecular formula is C11H12F3NO. The fraction of sp³-hybridized carbons (Fsp3) is 0.455. The third-order valence-corrected chi connectivity index (χ3v) is 2.65. The van der Waals surface area contributed by atoms with Crippen LogP contribution in [-0.4, -0.2) is 19.5 Å². The second-order valence-corrected chi connectivity index (χ2v) is 3.81. The van der Waals surface area contributed by atoms with Crippen LogP contribution < -0.4 is 10.1 Å². The summed E-state index contributed by atoms with van der Waals surface area (Å²) in [7, 11) is 0. The topological polar surface area (TPSA) is 21.3 Å². The van der Waals surface area contributed by atoms with Crippen LogP contribution in [0.2, 0.25) is 0 Å². The molecule has 0 spiro atoms. The van der Waals surface area contributed by atoms with Gasteiger partial charge in [0.1, 0.15) is 5.75 Å². The van der Waals surface area contributed by atoms with Crippen molar-refractivity contribution in [2.24, 2.45) is 0 Å². The molecule has 0 unspecified atom stereocenters. The molecule has 0 bridgehead atoms. The lowest BCUT2D eigenvalue weighted by Crippen LogP contribution is -2.17. The van der Waals surface area contributed by atoms with Crippen LogP contribution >= 0.6 is 0 Å². The van der Waals surface area contributed by atoms with Gasteiger partial charge in [-0.05, 0) is 36.6 Å². The molecule has 1 atom stereocenters. The van der Waals surface area contributed by atoms with Crippen LogP contribution in [0.1, 0.15) is 17.9 Å². The molecule has 0 amide bonds. The maximum Gasteiger partial charge on any atom is 0.573 e. The van der Waals surface area contributed by atoms with E-state index in [1.54, 1.807) is 12.1 Å². The van der Waals surface area contributed by atoms with Gasteiger partial charge in [0, 0.05) is 6.54 Å². The highest BCUT2D eigenvalue weighted by molar-refractivity contribution is 5.30. The lowest BCUT2D eigenvalue weighted by molar-refractivity contribution is -0.274. The largest absolute Gasteiger partial charge is 0.573 e. The first-order valence-electron chi connectivity index (χ1n) is 5.11. The van der Waals surface area contributed by atoms with Crippen LogP contribution in [-0.2, 0) is 0 Å².